The van der Waals surface area contributed by atoms with E-state index >= 15 is 0 Å². The highest BCUT2D eigenvalue weighted by molar-refractivity contribution is 7.67. The molecule has 1 unspecified atom stereocenters. The van der Waals surface area contributed by atoms with Crippen molar-refractivity contribution in [3.8, 4) is 0 Å². The van der Waals surface area contributed by atoms with E-state index in [9.17, 15) is 13.2 Å². The van der Waals surface area contributed by atoms with Crippen LogP contribution < -0.4 is 5.48 Å². The van der Waals surface area contributed by atoms with E-state index in [4.69, 9.17) is 4.74 Å². The van der Waals surface area contributed by atoms with Gasteiger partial charge in [0.2, 0.25) is 0 Å². The summed E-state index contributed by atoms with van der Waals surface area (Å²) >= 11 is 0. The maximum Gasteiger partial charge on any atom is 0.308 e. The van der Waals surface area contributed by atoms with Gasteiger partial charge < -0.3 is 4.74 Å². The molecule has 0 aromatic heterocycles. The molecule has 0 radical (unpaired) electrons. The van der Waals surface area contributed by atoms with Crippen molar-refractivity contribution >= 4 is 17.0 Å². The minimum atomic E-state index is -3.04. The fourth-order valence-electron chi connectivity index (χ4n) is 0.601. The Balaban J connectivity index is 3.35. The molecule has 0 aromatic carbocycles. The summed E-state index contributed by atoms with van der Waals surface area (Å²) in [5.41, 5.74) is 2.15. The summed E-state index contributed by atoms with van der Waals surface area (Å²) in [4.78, 5) is 15.1. The first-order chi connectivity index (χ1) is 7.07. The summed E-state index contributed by atoms with van der Waals surface area (Å²) in [7, 11) is -3.04. The SMILES string of the molecule is CCC(C)C(=O)OCCNOO[SH](=O)=O. The first-order valence-electron chi connectivity index (χ1n) is 4.45. The van der Waals surface area contributed by atoms with E-state index in [1.54, 1.807) is 6.92 Å². The minimum Gasteiger partial charge on any atom is -0.464 e. The Morgan fingerprint density at radius 1 is 1.47 bits per heavy atom. The van der Waals surface area contributed by atoms with Crippen LogP contribution in [0.3, 0.4) is 0 Å². The number of thiol groups is 1. The van der Waals surface area contributed by atoms with Crippen LogP contribution in [0.2, 0.25) is 0 Å². The van der Waals surface area contributed by atoms with Gasteiger partial charge in [-0.25, -0.2) is 8.42 Å². The van der Waals surface area contributed by atoms with Gasteiger partial charge in [-0.15, -0.1) is 4.99 Å². The highest BCUT2D eigenvalue weighted by Gasteiger charge is 2.10. The van der Waals surface area contributed by atoms with Gasteiger partial charge in [0, 0.05) is 0 Å². The van der Waals surface area contributed by atoms with Crippen molar-refractivity contribution in [2.75, 3.05) is 13.2 Å². The molecule has 0 saturated heterocycles. The zero-order chi connectivity index (χ0) is 11.7. The number of ether oxygens (including phenoxy) is 1. The Bertz CT molecular complexity index is 246. The fourth-order valence-corrected chi connectivity index (χ4v) is 0.714. The van der Waals surface area contributed by atoms with E-state index in [0.29, 0.717) is 6.42 Å². The van der Waals surface area contributed by atoms with E-state index in [0.717, 1.165) is 0 Å². The zero-order valence-electron chi connectivity index (χ0n) is 8.60. The minimum absolute atomic E-state index is 0.0855. The normalized spacial score (nSPS) is 12.7. The summed E-state index contributed by atoms with van der Waals surface area (Å²) in [5, 5.41) is 0. The first-order valence-corrected chi connectivity index (χ1v) is 5.55. The molecule has 0 amide bonds. The lowest BCUT2D eigenvalue weighted by Gasteiger charge is -2.08. The predicted octanol–water partition coefficient (Wildman–Crippen LogP) is -0.445. The predicted molar refractivity (Wildman–Crippen MR) is 50.9 cm³/mol. The van der Waals surface area contributed by atoms with E-state index in [1.807, 2.05) is 6.92 Å². The smallest absolute Gasteiger partial charge is 0.308 e. The molecule has 0 fully saturated rings. The Morgan fingerprint density at radius 3 is 2.67 bits per heavy atom. The molecular weight excluding hydrogens is 226 g/mol. The summed E-state index contributed by atoms with van der Waals surface area (Å²) < 4.78 is 28.2. The van der Waals surface area contributed by atoms with Crippen molar-refractivity contribution in [2.24, 2.45) is 5.92 Å². The van der Waals surface area contributed by atoms with E-state index in [-0.39, 0.29) is 25.0 Å². The molecule has 0 saturated carbocycles. The second-order valence-electron chi connectivity index (χ2n) is 2.75. The van der Waals surface area contributed by atoms with Gasteiger partial charge in [-0.2, -0.15) is 5.48 Å². The third kappa shape index (κ3) is 8.30. The van der Waals surface area contributed by atoms with Crippen molar-refractivity contribution < 1.29 is 27.3 Å². The molecule has 0 aliphatic rings. The monoisotopic (exact) mass is 241 g/mol. The maximum atomic E-state index is 11.1. The van der Waals surface area contributed by atoms with Gasteiger partial charge in [-0.3, -0.25) is 4.79 Å². The Labute approximate surface area is 89.7 Å². The van der Waals surface area contributed by atoms with Crippen LogP contribution in [0.15, 0.2) is 0 Å². The molecule has 1 atom stereocenters. The molecular formula is C7H15NO6S. The van der Waals surface area contributed by atoms with Gasteiger partial charge in [0.15, 0.2) is 0 Å². The number of hydrogen-bond acceptors (Lipinski definition) is 7. The molecule has 0 aromatic rings. The molecule has 0 aliphatic carbocycles. The molecule has 8 heteroatoms. The molecule has 0 bridgehead atoms. The van der Waals surface area contributed by atoms with Crippen molar-refractivity contribution in [1.29, 1.82) is 0 Å². The van der Waals surface area contributed by atoms with Crippen molar-refractivity contribution in [3.63, 3.8) is 0 Å². The number of carbonyl (C=O) groups excluding carboxylic acids is 1. The molecule has 0 aliphatic heterocycles. The molecule has 1 N–H and O–H groups in total. The molecule has 90 valence electrons. The summed E-state index contributed by atoms with van der Waals surface area (Å²) in [6, 6.07) is 0. The first kappa shape index (κ1) is 14.3. The van der Waals surface area contributed by atoms with Gasteiger partial charge in [0.05, 0.1) is 12.5 Å². The number of carbonyl (C=O) groups is 1. The van der Waals surface area contributed by atoms with Crippen LogP contribution in [0.25, 0.3) is 0 Å². The van der Waals surface area contributed by atoms with E-state index < -0.39 is 11.0 Å². The van der Waals surface area contributed by atoms with Gasteiger partial charge in [-0.1, -0.05) is 18.2 Å². The van der Waals surface area contributed by atoms with Crippen LogP contribution in [0, 0.1) is 5.92 Å². The molecule has 0 heterocycles. The summed E-state index contributed by atoms with van der Waals surface area (Å²) in [5.74, 6) is -0.437. The third-order valence-electron chi connectivity index (χ3n) is 1.62. The average Bonchev–Trinajstić information content (AvgIpc) is 2.21. The standard InChI is InChI=1S/C7H15NO6S/c1-3-6(2)7(9)12-5-4-8-13-14-15(10)11/h6,8,15H,3-5H2,1-2H3. The molecule has 15 heavy (non-hydrogen) atoms. The molecule has 0 rings (SSSR count). The lowest BCUT2D eigenvalue weighted by atomic mass is 10.1. The van der Waals surface area contributed by atoms with E-state index in [1.165, 1.54) is 0 Å². The van der Waals surface area contributed by atoms with Gasteiger partial charge in [0.25, 0.3) is 11.0 Å². The van der Waals surface area contributed by atoms with Crippen molar-refractivity contribution in [3.05, 3.63) is 0 Å². The molecule has 7 nitrogen and oxygen atoms in total. The topological polar surface area (TPSA) is 90.9 Å². The number of hydrogen-bond donors (Lipinski definition) is 2. The number of rotatable bonds is 8. The zero-order valence-corrected chi connectivity index (χ0v) is 9.49. The average molecular weight is 241 g/mol. The molecule has 0 spiro atoms. The van der Waals surface area contributed by atoms with Crippen LogP contribution >= 0.6 is 0 Å². The fraction of sp³-hybridized carbons (Fsp3) is 0.857. The van der Waals surface area contributed by atoms with Crippen LogP contribution in [0.1, 0.15) is 20.3 Å². The Hall–Kier alpha value is -0.700. The Morgan fingerprint density at radius 2 is 2.13 bits per heavy atom. The second kappa shape index (κ2) is 8.60. The van der Waals surface area contributed by atoms with Gasteiger partial charge in [0.1, 0.15) is 6.61 Å². The van der Waals surface area contributed by atoms with Crippen molar-refractivity contribution in [1.82, 2.24) is 5.48 Å². The Kier molecular flexibility index (Phi) is 8.19. The van der Waals surface area contributed by atoms with Crippen molar-refractivity contribution in [2.45, 2.75) is 20.3 Å². The number of hydroxylamine groups is 1. The summed E-state index contributed by atoms with van der Waals surface area (Å²) in [6.45, 7) is 3.87. The summed E-state index contributed by atoms with van der Waals surface area (Å²) in [6.07, 6.45) is 0.711. The van der Waals surface area contributed by atoms with Gasteiger partial charge >= 0.3 is 5.97 Å². The second-order valence-corrected chi connectivity index (χ2v) is 3.35. The largest absolute Gasteiger partial charge is 0.464 e. The van der Waals surface area contributed by atoms with Crippen LogP contribution in [-0.2, 0) is 29.8 Å². The van der Waals surface area contributed by atoms with Crippen LogP contribution in [0.4, 0.5) is 0 Å². The third-order valence-corrected chi connectivity index (χ3v) is 1.82. The highest BCUT2D eigenvalue weighted by Crippen LogP contribution is 2.02. The number of esters is 1. The van der Waals surface area contributed by atoms with Crippen LogP contribution in [0.5, 0.6) is 0 Å². The maximum absolute atomic E-state index is 11.1. The van der Waals surface area contributed by atoms with Crippen LogP contribution in [-0.4, -0.2) is 27.5 Å². The van der Waals surface area contributed by atoms with Gasteiger partial charge in [-0.05, 0) is 6.42 Å². The number of nitrogens with one attached hydrogen (secondary N) is 1. The quantitative estimate of drug-likeness (QED) is 0.195. The van der Waals surface area contributed by atoms with E-state index in [2.05, 4.69) is 14.8 Å². The highest BCUT2D eigenvalue weighted by atomic mass is 32.2. The lowest BCUT2D eigenvalue weighted by molar-refractivity contribution is -0.251. The lowest BCUT2D eigenvalue weighted by Crippen LogP contribution is -2.23.